The van der Waals surface area contributed by atoms with E-state index in [1.807, 2.05) is 37.2 Å². The van der Waals surface area contributed by atoms with Crippen LogP contribution in [0, 0.1) is 11.3 Å². The average molecular weight is 460 g/mol. The number of likely N-dealkylation sites (N-methyl/N-ethyl adjacent to an activating group) is 1. The number of alkyl halides is 3. The van der Waals surface area contributed by atoms with Gasteiger partial charge in [-0.1, -0.05) is 12.1 Å². The molecule has 1 aliphatic rings. The van der Waals surface area contributed by atoms with Crippen LogP contribution in [0.25, 0.3) is 10.9 Å². The first kappa shape index (κ1) is 23.2. The van der Waals surface area contributed by atoms with Crippen molar-refractivity contribution in [1.29, 1.82) is 0 Å². The van der Waals surface area contributed by atoms with Crippen LogP contribution in [0.1, 0.15) is 36.3 Å². The molecule has 3 N–H and O–H groups in total. The highest BCUT2D eigenvalue weighted by molar-refractivity contribution is 5.79. The molecule has 0 saturated heterocycles. The van der Waals surface area contributed by atoms with E-state index < -0.39 is 29.3 Å². The Morgan fingerprint density at radius 2 is 2.00 bits per heavy atom. The molecular weight excluding hydrogens is 431 g/mol. The van der Waals surface area contributed by atoms with Crippen molar-refractivity contribution >= 4 is 16.8 Å². The second kappa shape index (κ2) is 8.78. The summed E-state index contributed by atoms with van der Waals surface area (Å²) in [6.07, 6.45) is 1.01. The third-order valence-corrected chi connectivity index (χ3v) is 6.99. The van der Waals surface area contributed by atoms with E-state index in [1.54, 1.807) is 18.3 Å². The van der Waals surface area contributed by atoms with Crippen molar-refractivity contribution in [3.8, 4) is 0 Å². The van der Waals surface area contributed by atoms with Gasteiger partial charge < -0.3 is 10.6 Å². The number of hydrogen-bond donors (Lipinski definition) is 2. The zero-order valence-corrected chi connectivity index (χ0v) is 18.6. The number of nitrogens with one attached hydrogen (secondary N) is 1. The molecule has 3 aromatic rings. The minimum absolute atomic E-state index is 0.0103. The maximum atomic E-state index is 14.2. The van der Waals surface area contributed by atoms with Crippen molar-refractivity contribution in [2.24, 2.45) is 17.1 Å². The van der Waals surface area contributed by atoms with Gasteiger partial charge in [0.25, 0.3) is 0 Å². The third kappa shape index (κ3) is 4.59. The number of nitrogens with zero attached hydrogens (tertiary/aromatic N) is 3. The van der Waals surface area contributed by atoms with Crippen LogP contribution in [0.15, 0.2) is 48.9 Å². The molecule has 0 bridgehead atoms. The highest BCUT2D eigenvalue weighted by Gasteiger charge is 2.69. The van der Waals surface area contributed by atoms with Gasteiger partial charge in [-0.2, -0.15) is 18.3 Å². The fourth-order valence-corrected chi connectivity index (χ4v) is 4.98. The number of aromatic amines is 1. The number of H-pyrrole nitrogens is 1. The standard InChI is InChI=1S/C24H28F3N5O/c1-32(2)18(11-15-5-6-20-17(10-15)14-30-31-20)12-19(22(28)33)21(16-4-3-9-29-13-16)23(7-8-23)24(25,26)27/h3-6,9-10,13-14,18-19,21H,7-8,11-12H2,1-2H3,(H2,28,33)(H,30,31)/t18-,19?,21?/m1/s1. The molecule has 0 aliphatic heterocycles. The number of carbonyl (C=O) groups is 1. The zero-order chi connectivity index (χ0) is 23.8. The number of nitrogens with two attached hydrogens (primary N) is 1. The van der Waals surface area contributed by atoms with Crippen molar-refractivity contribution in [3.63, 3.8) is 0 Å². The van der Waals surface area contributed by atoms with Crippen molar-refractivity contribution in [2.75, 3.05) is 14.1 Å². The Balaban J connectivity index is 1.67. The van der Waals surface area contributed by atoms with Gasteiger partial charge in [-0.3, -0.25) is 14.9 Å². The molecule has 9 heteroatoms. The molecule has 1 aliphatic carbocycles. The average Bonchev–Trinajstić information content (AvgIpc) is 3.44. The Morgan fingerprint density at radius 1 is 1.24 bits per heavy atom. The van der Waals surface area contributed by atoms with E-state index in [9.17, 15) is 18.0 Å². The normalized spacial score (nSPS) is 18.2. The first-order chi connectivity index (χ1) is 15.6. The van der Waals surface area contributed by atoms with Crippen LogP contribution < -0.4 is 5.73 Å². The first-order valence-corrected chi connectivity index (χ1v) is 11.0. The minimum atomic E-state index is -4.43. The minimum Gasteiger partial charge on any atom is -0.369 e. The Labute approximate surface area is 190 Å². The first-order valence-electron chi connectivity index (χ1n) is 11.0. The van der Waals surface area contributed by atoms with Gasteiger partial charge >= 0.3 is 6.18 Å². The zero-order valence-electron chi connectivity index (χ0n) is 18.6. The van der Waals surface area contributed by atoms with Crippen LogP contribution in [0.3, 0.4) is 0 Å². The number of hydrogen-bond acceptors (Lipinski definition) is 4. The van der Waals surface area contributed by atoms with Crippen LogP contribution in [-0.4, -0.2) is 52.3 Å². The molecule has 2 heterocycles. The molecule has 176 valence electrons. The molecule has 3 atom stereocenters. The summed E-state index contributed by atoms with van der Waals surface area (Å²) in [6, 6.07) is 8.94. The molecule has 6 nitrogen and oxygen atoms in total. The van der Waals surface area contributed by atoms with E-state index in [-0.39, 0.29) is 25.3 Å². The lowest BCUT2D eigenvalue weighted by molar-refractivity contribution is -0.198. The summed E-state index contributed by atoms with van der Waals surface area (Å²) in [5.74, 6) is -2.76. The molecule has 1 amide bonds. The number of aromatic nitrogens is 3. The van der Waals surface area contributed by atoms with Crippen LogP contribution in [0.4, 0.5) is 13.2 Å². The maximum Gasteiger partial charge on any atom is 0.395 e. The van der Waals surface area contributed by atoms with Crippen LogP contribution in [0.5, 0.6) is 0 Å². The topological polar surface area (TPSA) is 87.9 Å². The number of halogens is 3. The Kier molecular flexibility index (Phi) is 6.18. The maximum absolute atomic E-state index is 14.2. The third-order valence-electron chi connectivity index (χ3n) is 6.99. The molecule has 1 saturated carbocycles. The number of fused-ring (bicyclic) bond motifs is 1. The fourth-order valence-electron chi connectivity index (χ4n) is 4.98. The summed E-state index contributed by atoms with van der Waals surface area (Å²) >= 11 is 0. The number of primary amides is 1. The van der Waals surface area contributed by atoms with Crippen LogP contribution in [-0.2, 0) is 11.2 Å². The summed E-state index contributed by atoms with van der Waals surface area (Å²) in [5, 5.41) is 7.90. The SMILES string of the molecule is CN(C)[C@H](Cc1ccc2[nH]ncc2c1)CC(C(N)=O)C(c1cccnc1)C1(C(F)(F)F)CC1. The van der Waals surface area contributed by atoms with Gasteiger partial charge in [0.1, 0.15) is 0 Å². The lowest BCUT2D eigenvalue weighted by Gasteiger charge is -2.37. The van der Waals surface area contributed by atoms with E-state index in [4.69, 9.17) is 5.73 Å². The quantitative estimate of drug-likeness (QED) is 0.505. The van der Waals surface area contributed by atoms with Crippen molar-refractivity contribution in [1.82, 2.24) is 20.1 Å². The highest BCUT2D eigenvalue weighted by Crippen LogP contribution is 2.67. The van der Waals surface area contributed by atoms with Gasteiger partial charge in [0.2, 0.25) is 5.91 Å². The van der Waals surface area contributed by atoms with Gasteiger partial charge in [-0.25, -0.2) is 0 Å². The second-order valence-electron chi connectivity index (χ2n) is 9.28. The summed E-state index contributed by atoms with van der Waals surface area (Å²) < 4.78 is 42.7. The van der Waals surface area contributed by atoms with Gasteiger partial charge in [0.05, 0.1) is 17.1 Å². The number of rotatable bonds is 9. The second-order valence-corrected chi connectivity index (χ2v) is 9.28. The number of benzene rings is 1. The number of carbonyl (C=O) groups excluding carboxylic acids is 1. The summed E-state index contributed by atoms with van der Waals surface area (Å²) in [7, 11) is 3.74. The van der Waals surface area contributed by atoms with Crippen molar-refractivity contribution in [3.05, 3.63) is 60.0 Å². The Morgan fingerprint density at radius 3 is 2.58 bits per heavy atom. The highest BCUT2D eigenvalue weighted by atomic mass is 19.4. The predicted molar refractivity (Wildman–Crippen MR) is 119 cm³/mol. The van der Waals surface area contributed by atoms with Gasteiger partial charge in [-0.05, 0) is 69.1 Å². The molecule has 0 spiro atoms. The van der Waals surface area contributed by atoms with Gasteiger partial charge in [0, 0.05) is 35.7 Å². The van der Waals surface area contributed by atoms with Gasteiger partial charge in [-0.15, -0.1) is 0 Å². The summed E-state index contributed by atoms with van der Waals surface area (Å²) in [6.45, 7) is 0. The van der Waals surface area contributed by atoms with Crippen molar-refractivity contribution < 1.29 is 18.0 Å². The summed E-state index contributed by atoms with van der Waals surface area (Å²) in [4.78, 5) is 18.7. The Bertz CT molecular complexity index is 1110. The van der Waals surface area contributed by atoms with E-state index in [0.29, 0.717) is 12.0 Å². The fraction of sp³-hybridized carbons (Fsp3) is 0.458. The molecule has 2 aromatic heterocycles. The van der Waals surface area contributed by atoms with Crippen molar-refractivity contribution in [2.45, 2.75) is 43.8 Å². The Hall–Kier alpha value is -2.94. The molecular formula is C24H28F3N5O. The van der Waals surface area contributed by atoms with Crippen LogP contribution >= 0.6 is 0 Å². The smallest absolute Gasteiger partial charge is 0.369 e. The molecule has 4 rings (SSSR count). The largest absolute Gasteiger partial charge is 0.395 e. The lowest BCUT2D eigenvalue weighted by atomic mass is 9.71. The monoisotopic (exact) mass is 459 g/mol. The number of pyridine rings is 1. The molecule has 2 unspecified atom stereocenters. The van der Waals surface area contributed by atoms with E-state index in [1.165, 1.54) is 12.4 Å². The number of amides is 1. The molecule has 1 aromatic carbocycles. The van der Waals surface area contributed by atoms with E-state index in [2.05, 4.69) is 15.2 Å². The molecule has 0 radical (unpaired) electrons. The van der Waals surface area contributed by atoms with Crippen LogP contribution in [0.2, 0.25) is 0 Å². The lowest BCUT2D eigenvalue weighted by Crippen LogP contribution is -2.43. The van der Waals surface area contributed by atoms with E-state index in [0.717, 1.165) is 16.5 Å². The molecule has 33 heavy (non-hydrogen) atoms. The van der Waals surface area contributed by atoms with Gasteiger partial charge in [0.15, 0.2) is 0 Å². The predicted octanol–water partition coefficient (Wildman–Crippen LogP) is 4.05. The summed E-state index contributed by atoms with van der Waals surface area (Å²) in [5.41, 5.74) is 6.18. The molecule has 1 fully saturated rings. The van der Waals surface area contributed by atoms with E-state index >= 15 is 0 Å².